The number of aromatic carboxylic acids is 1. The van der Waals surface area contributed by atoms with E-state index < -0.39 is 5.97 Å². The Balaban J connectivity index is 2.85. The maximum absolute atomic E-state index is 12.1. The van der Waals surface area contributed by atoms with Gasteiger partial charge in [0.1, 0.15) is 0 Å². The van der Waals surface area contributed by atoms with E-state index in [2.05, 4.69) is 5.32 Å². The molecule has 1 amide bonds. The minimum atomic E-state index is -1.10. The third kappa shape index (κ3) is 3.82. The third-order valence-electron chi connectivity index (χ3n) is 3.06. The van der Waals surface area contributed by atoms with Crippen LogP contribution in [0, 0.1) is 25.2 Å². The summed E-state index contributed by atoms with van der Waals surface area (Å²) in [7, 11) is 0. The second kappa shape index (κ2) is 7.29. The summed E-state index contributed by atoms with van der Waals surface area (Å²) in [6, 6.07) is 5.48. The van der Waals surface area contributed by atoms with Crippen LogP contribution < -0.4 is 5.32 Å². The van der Waals surface area contributed by atoms with Gasteiger partial charge in [0.15, 0.2) is 0 Å². The van der Waals surface area contributed by atoms with Gasteiger partial charge in [-0.3, -0.25) is 4.79 Å². The van der Waals surface area contributed by atoms with Crippen molar-refractivity contribution in [1.82, 2.24) is 5.32 Å². The first-order valence-corrected chi connectivity index (χ1v) is 6.47. The standard InChI is InChI=1S/C15H18N2O3/c1-10-6-7-11(2)13(15(19)20)12(10)14(18)17-9-5-3-4-8-16/h6-7H,3-5,9H2,1-2H3,(H,17,18)(H,19,20). The van der Waals surface area contributed by atoms with Crippen molar-refractivity contribution < 1.29 is 14.7 Å². The number of amides is 1. The number of hydrogen-bond donors (Lipinski definition) is 2. The average Bonchev–Trinajstić information content (AvgIpc) is 2.40. The first-order chi connectivity index (χ1) is 9.49. The summed E-state index contributed by atoms with van der Waals surface area (Å²) in [5.74, 6) is -1.47. The molecule has 0 bridgehead atoms. The van der Waals surface area contributed by atoms with Crippen molar-refractivity contribution in [2.45, 2.75) is 33.1 Å². The molecular formula is C15H18N2O3. The average molecular weight is 274 g/mol. The molecule has 0 atom stereocenters. The zero-order valence-electron chi connectivity index (χ0n) is 11.7. The molecule has 1 rings (SSSR count). The van der Waals surface area contributed by atoms with Crippen LogP contribution in [0.25, 0.3) is 0 Å². The van der Waals surface area contributed by atoms with Gasteiger partial charge in [-0.2, -0.15) is 5.26 Å². The Morgan fingerprint density at radius 1 is 1.20 bits per heavy atom. The topological polar surface area (TPSA) is 90.2 Å². The lowest BCUT2D eigenvalue weighted by molar-refractivity contribution is 0.0690. The van der Waals surface area contributed by atoms with Crippen molar-refractivity contribution in [3.8, 4) is 6.07 Å². The van der Waals surface area contributed by atoms with E-state index in [1.165, 1.54) is 0 Å². The van der Waals surface area contributed by atoms with Crippen LogP contribution in [0.2, 0.25) is 0 Å². The molecule has 0 saturated carbocycles. The van der Waals surface area contributed by atoms with Gasteiger partial charge in [-0.1, -0.05) is 12.1 Å². The number of carbonyl (C=O) groups is 2. The second-order valence-electron chi connectivity index (χ2n) is 4.63. The Hall–Kier alpha value is -2.35. The maximum atomic E-state index is 12.1. The molecule has 106 valence electrons. The summed E-state index contributed by atoms with van der Waals surface area (Å²) in [6.45, 7) is 3.83. The predicted octanol–water partition coefficient (Wildman–Crippen LogP) is 2.43. The fourth-order valence-electron chi connectivity index (χ4n) is 2.00. The molecule has 0 unspecified atom stereocenters. The quantitative estimate of drug-likeness (QED) is 0.779. The number of carbonyl (C=O) groups excluding carboxylic acids is 1. The van der Waals surface area contributed by atoms with E-state index in [1.54, 1.807) is 26.0 Å². The molecule has 0 aromatic heterocycles. The van der Waals surface area contributed by atoms with Crippen molar-refractivity contribution in [3.05, 3.63) is 34.4 Å². The van der Waals surface area contributed by atoms with Crippen molar-refractivity contribution in [2.24, 2.45) is 0 Å². The predicted molar refractivity (Wildman–Crippen MR) is 74.7 cm³/mol. The molecule has 0 fully saturated rings. The third-order valence-corrected chi connectivity index (χ3v) is 3.06. The maximum Gasteiger partial charge on any atom is 0.336 e. The molecule has 0 aliphatic rings. The SMILES string of the molecule is Cc1ccc(C)c(C(=O)NCCCCC#N)c1C(=O)O. The monoisotopic (exact) mass is 274 g/mol. The van der Waals surface area contributed by atoms with Crippen LogP contribution in [-0.4, -0.2) is 23.5 Å². The molecule has 1 aromatic carbocycles. The molecule has 20 heavy (non-hydrogen) atoms. The minimum absolute atomic E-state index is 0.0551. The number of carboxylic acid groups (broad SMARTS) is 1. The lowest BCUT2D eigenvalue weighted by atomic mass is 9.96. The van der Waals surface area contributed by atoms with Crippen molar-refractivity contribution in [1.29, 1.82) is 5.26 Å². The van der Waals surface area contributed by atoms with Gasteiger partial charge in [-0.15, -0.1) is 0 Å². The fraction of sp³-hybridized carbons (Fsp3) is 0.400. The van der Waals surface area contributed by atoms with Crippen LogP contribution in [-0.2, 0) is 0 Å². The Bertz CT molecular complexity index is 559. The summed E-state index contributed by atoms with van der Waals surface area (Å²) >= 11 is 0. The van der Waals surface area contributed by atoms with Crippen LogP contribution in [0.5, 0.6) is 0 Å². The molecule has 2 N–H and O–H groups in total. The highest BCUT2D eigenvalue weighted by Gasteiger charge is 2.20. The Morgan fingerprint density at radius 2 is 1.80 bits per heavy atom. The normalized spacial score (nSPS) is 9.85. The van der Waals surface area contributed by atoms with E-state index in [0.29, 0.717) is 30.5 Å². The number of benzene rings is 1. The van der Waals surface area contributed by atoms with Gasteiger partial charge in [0.25, 0.3) is 5.91 Å². The van der Waals surface area contributed by atoms with Gasteiger partial charge in [0.2, 0.25) is 0 Å². The number of unbranched alkanes of at least 4 members (excludes halogenated alkanes) is 2. The number of carboxylic acids is 1. The van der Waals surface area contributed by atoms with Gasteiger partial charge in [-0.25, -0.2) is 4.79 Å². The lowest BCUT2D eigenvalue weighted by Gasteiger charge is -2.12. The van der Waals surface area contributed by atoms with Crippen molar-refractivity contribution in [2.75, 3.05) is 6.54 Å². The van der Waals surface area contributed by atoms with E-state index in [1.807, 2.05) is 6.07 Å². The van der Waals surface area contributed by atoms with Gasteiger partial charge >= 0.3 is 5.97 Å². The minimum Gasteiger partial charge on any atom is -0.478 e. The van der Waals surface area contributed by atoms with Crippen molar-refractivity contribution in [3.63, 3.8) is 0 Å². The summed E-state index contributed by atoms with van der Waals surface area (Å²) in [5.41, 5.74) is 1.48. The van der Waals surface area contributed by atoms with E-state index in [-0.39, 0.29) is 17.0 Å². The van der Waals surface area contributed by atoms with Gasteiger partial charge in [-0.05, 0) is 37.8 Å². The van der Waals surface area contributed by atoms with Crippen LogP contribution in [0.1, 0.15) is 51.1 Å². The number of aryl methyl sites for hydroxylation is 2. The molecule has 5 heteroatoms. The molecule has 0 radical (unpaired) electrons. The highest BCUT2D eigenvalue weighted by atomic mass is 16.4. The highest BCUT2D eigenvalue weighted by molar-refractivity contribution is 6.06. The Kier molecular flexibility index (Phi) is 5.73. The fourth-order valence-corrected chi connectivity index (χ4v) is 2.00. The van der Waals surface area contributed by atoms with E-state index in [9.17, 15) is 14.7 Å². The highest BCUT2D eigenvalue weighted by Crippen LogP contribution is 2.18. The van der Waals surface area contributed by atoms with E-state index in [0.717, 1.165) is 6.42 Å². The Labute approximate surface area is 118 Å². The number of rotatable bonds is 6. The molecule has 0 aliphatic heterocycles. The van der Waals surface area contributed by atoms with Crippen LogP contribution in [0.3, 0.4) is 0 Å². The largest absolute Gasteiger partial charge is 0.478 e. The van der Waals surface area contributed by atoms with E-state index >= 15 is 0 Å². The number of hydrogen-bond acceptors (Lipinski definition) is 3. The summed E-state index contributed by atoms with van der Waals surface area (Å²) in [6.07, 6.45) is 1.88. The van der Waals surface area contributed by atoms with E-state index in [4.69, 9.17) is 5.26 Å². The summed E-state index contributed by atoms with van der Waals surface area (Å²) in [5, 5.41) is 20.4. The number of nitriles is 1. The number of nitrogens with one attached hydrogen (secondary N) is 1. The summed E-state index contributed by atoms with van der Waals surface area (Å²) < 4.78 is 0. The molecule has 0 spiro atoms. The second-order valence-corrected chi connectivity index (χ2v) is 4.63. The zero-order valence-corrected chi connectivity index (χ0v) is 11.7. The molecule has 5 nitrogen and oxygen atoms in total. The zero-order chi connectivity index (χ0) is 15.1. The molecule has 0 aliphatic carbocycles. The molecule has 1 aromatic rings. The van der Waals surface area contributed by atoms with Gasteiger partial charge < -0.3 is 10.4 Å². The first kappa shape index (κ1) is 15.7. The lowest BCUT2D eigenvalue weighted by Crippen LogP contribution is -2.27. The Morgan fingerprint density at radius 3 is 2.35 bits per heavy atom. The van der Waals surface area contributed by atoms with Crippen LogP contribution >= 0.6 is 0 Å². The van der Waals surface area contributed by atoms with Crippen molar-refractivity contribution >= 4 is 11.9 Å². The van der Waals surface area contributed by atoms with Gasteiger partial charge in [0.05, 0.1) is 17.2 Å². The summed E-state index contributed by atoms with van der Waals surface area (Å²) in [4.78, 5) is 23.4. The first-order valence-electron chi connectivity index (χ1n) is 6.47. The molecule has 0 saturated heterocycles. The molecule has 0 heterocycles. The molecular weight excluding hydrogens is 256 g/mol. The van der Waals surface area contributed by atoms with Crippen LogP contribution in [0.15, 0.2) is 12.1 Å². The smallest absolute Gasteiger partial charge is 0.336 e. The van der Waals surface area contributed by atoms with Crippen LogP contribution in [0.4, 0.5) is 0 Å². The van der Waals surface area contributed by atoms with Gasteiger partial charge in [0, 0.05) is 13.0 Å². The number of nitrogens with zero attached hydrogens (tertiary/aromatic N) is 1.